The van der Waals surface area contributed by atoms with Crippen LogP contribution in [0.25, 0.3) is 5.57 Å². The minimum absolute atomic E-state index is 0.150. The third kappa shape index (κ3) is 3.09. The van der Waals surface area contributed by atoms with Gasteiger partial charge < -0.3 is 15.4 Å². The number of aromatic nitrogens is 1. The van der Waals surface area contributed by atoms with Crippen LogP contribution in [0, 0.1) is 0 Å². The average Bonchev–Trinajstić information content (AvgIpc) is 3.09. The summed E-state index contributed by atoms with van der Waals surface area (Å²) < 4.78 is 0. The van der Waals surface area contributed by atoms with E-state index in [0.29, 0.717) is 5.82 Å². The van der Waals surface area contributed by atoms with Crippen molar-refractivity contribution in [2.45, 2.75) is 32.4 Å². The molecule has 142 valence electrons. The van der Waals surface area contributed by atoms with Crippen LogP contribution in [-0.2, 0) is 0 Å². The number of hydrogen-bond acceptors (Lipinski definition) is 4. The molecule has 0 bridgehead atoms. The van der Waals surface area contributed by atoms with E-state index in [2.05, 4.69) is 34.0 Å². The molecule has 2 atom stereocenters. The topological polar surface area (TPSA) is 72.8 Å². The van der Waals surface area contributed by atoms with Crippen LogP contribution in [0.4, 0.5) is 11.5 Å². The van der Waals surface area contributed by atoms with Crippen molar-refractivity contribution < 1.29 is 5.11 Å². The molecule has 2 aromatic carbocycles. The number of benzene rings is 2. The molecule has 2 heterocycles. The Labute approximate surface area is 164 Å². The predicted molar refractivity (Wildman–Crippen MR) is 113 cm³/mol. The maximum Gasteiger partial charge on any atom is 0.160 e. The van der Waals surface area contributed by atoms with Gasteiger partial charge in [0.05, 0.1) is 12.1 Å². The Bertz CT molecular complexity index is 1050. The van der Waals surface area contributed by atoms with E-state index in [0.717, 1.165) is 39.9 Å². The summed E-state index contributed by atoms with van der Waals surface area (Å²) in [5, 5.41) is 23.0. The maximum absolute atomic E-state index is 10.5. The lowest BCUT2D eigenvalue weighted by Crippen LogP contribution is -2.11. The van der Waals surface area contributed by atoms with E-state index in [1.54, 1.807) is 6.07 Å². The quantitative estimate of drug-likeness (QED) is 0.479. The molecule has 0 spiro atoms. The highest BCUT2D eigenvalue weighted by molar-refractivity contribution is 5.92. The zero-order chi connectivity index (χ0) is 19.7. The van der Waals surface area contributed by atoms with Gasteiger partial charge in [-0.1, -0.05) is 49.9 Å². The molecular formula is C23H24N4O. The summed E-state index contributed by atoms with van der Waals surface area (Å²) in [6.45, 7) is 8.50. The first-order valence-corrected chi connectivity index (χ1v) is 9.55. The second-order valence-corrected chi connectivity index (χ2v) is 7.10. The second-order valence-electron chi connectivity index (χ2n) is 7.10. The van der Waals surface area contributed by atoms with Crippen molar-refractivity contribution in [3.63, 3.8) is 0 Å². The average molecular weight is 372 g/mol. The lowest BCUT2D eigenvalue weighted by atomic mass is 9.93. The highest BCUT2D eigenvalue weighted by atomic mass is 16.3. The molecule has 1 aliphatic rings. The van der Waals surface area contributed by atoms with Gasteiger partial charge >= 0.3 is 0 Å². The van der Waals surface area contributed by atoms with Crippen molar-refractivity contribution in [3.05, 3.63) is 83.6 Å². The minimum Gasteiger partial charge on any atom is -0.508 e. The van der Waals surface area contributed by atoms with E-state index >= 15 is 0 Å². The van der Waals surface area contributed by atoms with Crippen LogP contribution in [0.3, 0.4) is 0 Å². The van der Waals surface area contributed by atoms with E-state index in [9.17, 15) is 5.11 Å². The minimum atomic E-state index is -0.236. The van der Waals surface area contributed by atoms with Gasteiger partial charge in [-0.05, 0) is 31.1 Å². The molecule has 0 saturated heterocycles. The Morgan fingerprint density at radius 3 is 2.64 bits per heavy atom. The fourth-order valence-electron chi connectivity index (χ4n) is 3.51. The van der Waals surface area contributed by atoms with Gasteiger partial charge in [-0.15, -0.1) is 5.11 Å². The van der Waals surface area contributed by atoms with E-state index in [4.69, 9.17) is 0 Å². The first kappa shape index (κ1) is 18.0. The number of azo groups is 1. The van der Waals surface area contributed by atoms with Crippen molar-refractivity contribution in [2.75, 3.05) is 5.32 Å². The number of aromatic hydroxyl groups is 1. The molecule has 28 heavy (non-hydrogen) atoms. The monoisotopic (exact) mass is 372 g/mol. The number of fused-ring (bicyclic) bond motifs is 2. The summed E-state index contributed by atoms with van der Waals surface area (Å²) in [5.74, 6) is 0.944. The van der Waals surface area contributed by atoms with Crippen molar-refractivity contribution in [1.29, 1.82) is 0 Å². The number of rotatable bonds is 4. The summed E-state index contributed by atoms with van der Waals surface area (Å²) in [4.78, 5) is 3.26. The highest BCUT2D eigenvalue weighted by Gasteiger charge is 2.29. The molecule has 3 aromatic rings. The van der Waals surface area contributed by atoms with Crippen molar-refractivity contribution in [3.8, 4) is 5.75 Å². The molecule has 0 fully saturated rings. The molecule has 0 saturated carbocycles. The van der Waals surface area contributed by atoms with Crippen molar-refractivity contribution in [2.24, 2.45) is 10.2 Å². The Hall–Kier alpha value is -3.34. The highest BCUT2D eigenvalue weighted by Crippen LogP contribution is 2.45. The van der Waals surface area contributed by atoms with Crippen LogP contribution in [0.1, 0.15) is 48.6 Å². The lowest BCUT2D eigenvalue weighted by molar-refractivity contribution is 0.466. The Morgan fingerprint density at radius 2 is 1.86 bits per heavy atom. The lowest BCUT2D eigenvalue weighted by Gasteiger charge is -2.20. The molecular weight excluding hydrogens is 348 g/mol. The second kappa shape index (κ2) is 7.35. The van der Waals surface area contributed by atoms with E-state index in [-0.39, 0.29) is 17.8 Å². The van der Waals surface area contributed by atoms with E-state index in [1.165, 1.54) is 0 Å². The first-order chi connectivity index (χ1) is 13.6. The molecule has 5 heteroatoms. The number of phenolic OH excluding ortho intramolecular Hbond substituents is 1. The molecule has 1 aliphatic heterocycles. The number of para-hydroxylation sites is 2. The molecule has 2 unspecified atom stereocenters. The van der Waals surface area contributed by atoms with Crippen molar-refractivity contribution >= 4 is 17.1 Å². The van der Waals surface area contributed by atoms with Crippen LogP contribution in [0.5, 0.6) is 5.75 Å². The summed E-state index contributed by atoms with van der Waals surface area (Å²) in [5.41, 5.74) is 5.59. The summed E-state index contributed by atoms with van der Waals surface area (Å²) in [7, 11) is 0. The number of nitrogens with one attached hydrogen (secondary N) is 2. The van der Waals surface area contributed by atoms with Gasteiger partial charge in [-0.2, -0.15) is 5.11 Å². The van der Waals surface area contributed by atoms with Gasteiger partial charge in [-0.3, -0.25) is 0 Å². The number of phenols is 1. The fourth-order valence-corrected chi connectivity index (χ4v) is 3.51. The molecule has 0 aliphatic carbocycles. The van der Waals surface area contributed by atoms with Crippen LogP contribution < -0.4 is 5.32 Å². The van der Waals surface area contributed by atoms with Gasteiger partial charge in [0.2, 0.25) is 0 Å². The van der Waals surface area contributed by atoms with Gasteiger partial charge in [0, 0.05) is 34.1 Å². The molecule has 4 rings (SSSR count). The summed E-state index contributed by atoms with van der Waals surface area (Å²) in [6.07, 6.45) is 2.86. The molecule has 5 nitrogen and oxygen atoms in total. The molecule has 0 radical (unpaired) electrons. The number of aromatic amines is 1. The summed E-state index contributed by atoms with van der Waals surface area (Å²) >= 11 is 0. The van der Waals surface area contributed by atoms with Crippen LogP contribution in [0.2, 0.25) is 0 Å². The molecule has 3 N–H and O–H groups in total. The third-order valence-electron chi connectivity index (χ3n) is 5.25. The van der Waals surface area contributed by atoms with Crippen LogP contribution >= 0.6 is 0 Å². The Balaban J connectivity index is 1.91. The normalized spacial score (nSPS) is 16.9. The standard InChI is InChI=1S/C23H24N4O/c1-4-14(2)26-27-23-21-15(3)16-9-5-7-11-19(16)25-22(18(21)13-24-23)17-10-6-8-12-20(17)28/h5-14,22,24-25,28H,3-4H2,1-2H3. The van der Waals surface area contributed by atoms with Gasteiger partial charge in [0.15, 0.2) is 5.82 Å². The van der Waals surface area contributed by atoms with Gasteiger partial charge in [-0.25, -0.2) is 0 Å². The van der Waals surface area contributed by atoms with E-state index in [1.807, 2.05) is 55.6 Å². The Kier molecular flexibility index (Phi) is 4.74. The first-order valence-electron chi connectivity index (χ1n) is 9.55. The van der Waals surface area contributed by atoms with E-state index < -0.39 is 0 Å². The van der Waals surface area contributed by atoms with Gasteiger partial charge in [0.1, 0.15) is 5.75 Å². The third-order valence-corrected chi connectivity index (χ3v) is 5.25. The van der Waals surface area contributed by atoms with Crippen molar-refractivity contribution in [1.82, 2.24) is 4.98 Å². The largest absolute Gasteiger partial charge is 0.508 e. The van der Waals surface area contributed by atoms with Crippen LogP contribution in [-0.4, -0.2) is 16.1 Å². The number of nitrogens with zero attached hydrogens (tertiary/aromatic N) is 2. The zero-order valence-corrected chi connectivity index (χ0v) is 16.1. The molecule has 0 amide bonds. The number of hydrogen-bond donors (Lipinski definition) is 3. The Morgan fingerprint density at radius 1 is 1.11 bits per heavy atom. The van der Waals surface area contributed by atoms with Gasteiger partial charge in [0.25, 0.3) is 0 Å². The smallest absolute Gasteiger partial charge is 0.160 e. The SMILES string of the molecule is C=C1c2ccccc2NC(c2ccccc2O)c2c[nH]c(N=NC(C)CC)c21. The maximum atomic E-state index is 10.5. The number of H-pyrrole nitrogens is 1. The summed E-state index contributed by atoms with van der Waals surface area (Å²) in [6, 6.07) is 15.4. The fraction of sp³-hybridized carbons (Fsp3) is 0.217. The molecule has 1 aromatic heterocycles. The van der Waals surface area contributed by atoms with Crippen LogP contribution in [0.15, 0.2) is 71.5 Å². The predicted octanol–water partition coefficient (Wildman–Crippen LogP) is 6.18. The zero-order valence-electron chi connectivity index (χ0n) is 16.1. The number of anilines is 1.